The number of primary amides is 1. The first-order valence-electron chi connectivity index (χ1n) is 11.3. The molecule has 1 aromatic carbocycles. The lowest BCUT2D eigenvalue weighted by Gasteiger charge is -2.27. The summed E-state index contributed by atoms with van der Waals surface area (Å²) < 4.78 is 0. The number of aliphatic carboxylic acids is 2. The quantitative estimate of drug-likeness (QED) is 0.146. The molecule has 0 aliphatic carbocycles. The van der Waals surface area contributed by atoms with Crippen LogP contribution in [0.1, 0.15) is 38.7 Å². The number of nitrogens with two attached hydrogens (primary N) is 2. The van der Waals surface area contributed by atoms with Crippen molar-refractivity contribution in [2.45, 2.75) is 63.7 Å². The van der Waals surface area contributed by atoms with Gasteiger partial charge in [0.2, 0.25) is 23.6 Å². The number of carboxylic acid groups (broad SMARTS) is 2. The average molecular weight is 508 g/mol. The van der Waals surface area contributed by atoms with Crippen LogP contribution in [0.3, 0.4) is 0 Å². The second kappa shape index (κ2) is 14.4. The van der Waals surface area contributed by atoms with Gasteiger partial charge in [0.25, 0.3) is 0 Å². The highest BCUT2D eigenvalue weighted by Gasteiger charge is 2.33. The number of hydrogen-bond acceptors (Lipinski definition) is 7. The molecule has 0 aliphatic heterocycles. The molecule has 1 rings (SSSR count). The van der Waals surface area contributed by atoms with E-state index in [1.165, 1.54) is 0 Å². The van der Waals surface area contributed by atoms with Crippen LogP contribution in [0.15, 0.2) is 30.3 Å². The Labute approximate surface area is 208 Å². The highest BCUT2D eigenvalue weighted by molar-refractivity contribution is 5.96. The van der Waals surface area contributed by atoms with Crippen molar-refractivity contribution in [2.75, 3.05) is 0 Å². The van der Waals surface area contributed by atoms with Gasteiger partial charge in [-0.25, -0.2) is 4.79 Å². The van der Waals surface area contributed by atoms with E-state index in [1.54, 1.807) is 38.1 Å². The van der Waals surface area contributed by atoms with Crippen LogP contribution in [-0.2, 0) is 35.2 Å². The number of carbonyl (C=O) groups is 6. The normalized spacial score (nSPS) is 14.9. The van der Waals surface area contributed by atoms with Crippen LogP contribution in [0.5, 0.6) is 0 Å². The van der Waals surface area contributed by atoms with Gasteiger partial charge < -0.3 is 37.6 Å². The third-order valence-electron chi connectivity index (χ3n) is 5.46. The third kappa shape index (κ3) is 10.1. The monoisotopic (exact) mass is 507 g/mol. The number of carboxylic acids is 2. The minimum atomic E-state index is -1.72. The number of rotatable bonds is 15. The molecule has 36 heavy (non-hydrogen) atoms. The molecule has 0 fully saturated rings. The van der Waals surface area contributed by atoms with E-state index >= 15 is 0 Å². The van der Waals surface area contributed by atoms with Gasteiger partial charge in [-0.05, 0) is 17.9 Å². The number of benzene rings is 1. The van der Waals surface area contributed by atoms with Crippen molar-refractivity contribution in [1.82, 2.24) is 16.0 Å². The maximum Gasteiger partial charge on any atom is 0.326 e. The maximum atomic E-state index is 13.0. The molecule has 4 amide bonds. The zero-order chi connectivity index (χ0) is 27.4. The molecule has 0 saturated heterocycles. The molecule has 0 heterocycles. The first-order chi connectivity index (χ1) is 16.8. The van der Waals surface area contributed by atoms with Crippen LogP contribution >= 0.6 is 0 Å². The first-order valence-corrected chi connectivity index (χ1v) is 11.3. The molecule has 9 N–H and O–H groups in total. The standard InChI is InChI=1S/C23H33N5O8/c1-3-12(2)19(28-20(32)14(24)9-13-7-5-4-6-8-13)22(34)26-15(11-18(30)31)21(33)27-16(23(35)36)10-17(25)29/h4-8,12,14-16,19H,3,9-11,24H2,1-2H3,(H2,25,29)(H,26,34)(H,27,33)(H,28,32)(H,30,31)(H,35,36). The minimum Gasteiger partial charge on any atom is -0.481 e. The lowest BCUT2D eigenvalue weighted by Crippen LogP contribution is -2.59. The second-order valence-electron chi connectivity index (χ2n) is 8.40. The van der Waals surface area contributed by atoms with E-state index in [2.05, 4.69) is 10.6 Å². The second-order valence-corrected chi connectivity index (χ2v) is 8.40. The first kappa shape index (κ1) is 30.0. The number of amides is 4. The Morgan fingerprint density at radius 2 is 1.44 bits per heavy atom. The van der Waals surface area contributed by atoms with E-state index in [0.717, 1.165) is 5.56 Å². The Morgan fingerprint density at radius 3 is 1.94 bits per heavy atom. The fraction of sp³-hybridized carbons (Fsp3) is 0.478. The minimum absolute atomic E-state index is 0.210. The Bertz CT molecular complexity index is 955. The molecule has 0 aromatic heterocycles. The number of nitrogens with one attached hydrogen (secondary N) is 3. The van der Waals surface area contributed by atoms with Crippen LogP contribution in [0.2, 0.25) is 0 Å². The van der Waals surface area contributed by atoms with Crippen molar-refractivity contribution in [3.8, 4) is 0 Å². The highest BCUT2D eigenvalue weighted by Crippen LogP contribution is 2.10. The van der Waals surface area contributed by atoms with Gasteiger partial charge >= 0.3 is 11.9 Å². The molecule has 0 spiro atoms. The Kier molecular flexibility index (Phi) is 12.0. The van der Waals surface area contributed by atoms with Crippen molar-refractivity contribution >= 4 is 35.6 Å². The molecular weight excluding hydrogens is 474 g/mol. The summed E-state index contributed by atoms with van der Waals surface area (Å²) in [7, 11) is 0. The van der Waals surface area contributed by atoms with Crippen molar-refractivity contribution in [3.63, 3.8) is 0 Å². The van der Waals surface area contributed by atoms with E-state index in [1.807, 2.05) is 11.4 Å². The molecule has 13 nitrogen and oxygen atoms in total. The molecule has 5 atom stereocenters. The van der Waals surface area contributed by atoms with E-state index in [9.17, 15) is 39.0 Å². The molecular formula is C23H33N5O8. The largest absolute Gasteiger partial charge is 0.481 e. The number of carbonyl (C=O) groups excluding carboxylic acids is 4. The van der Waals surface area contributed by atoms with Crippen LogP contribution in [0.4, 0.5) is 0 Å². The Balaban J connectivity index is 3.00. The van der Waals surface area contributed by atoms with E-state index in [4.69, 9.17) is 11.5 Å². The molecule has 1 aromatic rings. The van der Waals surface area contributed by atoms with Crippen LogP contribution in [0, 0.1) is 5.92 Å². The van der Waals surface area contributed by atoms with Crippen molar-refractivity contribution < 1.29 is 39.0 Å². The highest BCUT2D eigenvalue weighted by atomic mass is 16.4. The Hall–Kier alpha value is -4.00. The number of hydrogen-bond donors (Lipinski definition) is 7. The van der Waals surface area contributed by atoms with Gasteiger partial charge in [0.15, 0.2) is 0 Å². The summed E-state index contributed by atoms with van der Waals surface area (Å²) in [6.07, 6.45) is -0.960. The molecule has 0 aliphatic rings. The van der Waals surface area contributed by atoms with E-state index < -0.39 is 78.5 Å². The van der Waals surface area contributed by atoms with Crippen LogP contribution in [0.25, 0.3) is 0 Å². The smallest absolute Gasteiger partial charge is 0.326 e. The third-order valence-corrected chi connectivity index (χ3v) is 5.46. The molecule has 13 heteroatoms. The zero-order valence-corrected chi connectivity index (χ0v) is 20.1. The fourth-order valence-electron chi connectivity index (χ4n) is 3.24. The van der Waals surface area contributed by atoms with Crippen molar-refractivity contribution in [1.29, 1.82) is 0 Å². The predicted molar refractivity (Wildman–Crippen MR) is 127 cm³/mol. The van der Waals surface area contributed by atoms with Gasteiger partial charge in [-0.2, -0.15) is 0 Å². The molecule has 0 radical (unpaired) electrons. The molecule has 5 unspecified atom stereocenters. The van der Waals surface area contributed by atoms with Crippen LogP contribution in [-0.4, -0.2) is 69.9 Å². The van der Waals surface area contributed by atoms with Gasteiger partial charge in [0.1, 0.15) is 18.1 Å². The van der Waals surface area contributed by atoms with Gasteiger partial charge in [-0.15, -0.1) is 0 Å². The van der Waals surface area contributed by atoms with Gasteiger partial charge in [-0.3, -0.25) is 24.0 Å². The predicted octanol–water partition coefficient (Wildman–Crippen LogP) is -1.51. The zero-order valence-electron chi connectivity index (χ0n) is 20.1. The molecule has 198 valence electrons. The fourth-order valence-corrected chi connectivity index (χ4v) is 3.24. The summed E-state index contributed by atoms with van der Waals surface area (Å²) in [5.74, 6) is -7.07. The lowest BCUT2D eigenvalue weighted by molar-refractivity contribution is -0.145. The molecule has 0 saturated carbocycles. The molecule has 0 bridgehead atoms. The SMILES string of the molecule is CCC(C)C(NC(=O)C(N)Cc1ccccc1)C(=O)NC(CC(=O)O)C(=O)NC(CC(N)=O)C(=O)O. The summed E-state index contributed by atoms with van der Waals surface area (Å²) in [5, 5.41) is 25.2. The average Bonchev–Trinajstić information content (AvgIpc) is 2.80. The topological polar surface area (TPSA) is 231 Å². The summed E-state index contributed by atoms with van der Waals surface area (Å²) >= 11 is 0. The van der Waals surface area contributed by atoms with Gasteiger partial charge in [-0.1, -0.05) is 50.6 Å². The van der Waals surface area contributed by atoms with Crippen LogP contribution < -0.4 is 27.4 Å². The van der Waals surface area contributed by atoms with E-state index in [-0.39, 0.29) is 6.42 Å². The summed E-state index contributed by atoms with van der Waals surface area (Å²) in [4.78, 5) is 72.0. The Morgan fingerprint density at radius 1 is 0.861 bits per heavy atom. The van der Waals surface area contributed by atoms with E-state index in [0.29, 0.717) is 6.42 Å². The van der Waals surface area contributed by atoms with Gasteiger partial charge in [0.05, 0.1) is 18.9 Å². The summed E-state index contributed by atoms with van der Waals surface area (Å²) in [6, 6.07) is 3.45. The van der Waals surface area contributed by atoms with Gasteiger partial charge in [0, 0.05) is 0 Å². The summed E-state index contributed by atoms with van der Waals surface area (Å²) in [6.45, 7) is 3.44. The lowest BCUT2D eigenvalue weighted by atomic mass is 9.96. The van der Waals surface area contributed by atoms with Crippen molar-refractivity contribution in [3.05, 3.63) is 35.9 Å². The summed E-state index contributed by atoms with van der Waals surface area (Å²) in [5.41, 5.74) is 11.8. The van der Waals surface area contributed by atoms with Crippen molar-refractivity contribution in [2.24, 2.45) is 17.4 Å². The maximum absolute atomic E-state index is 13.0.